The molecule has 9 nitrogen and oxygen atoms in total. The van der Waals surface area contributed by atoms with Crippen molar-refractivity contribution >= 4 is 17.7 Å². The summed E-state index contributed by atoms with van der Waals surface area (Å²) in [5.41, 5.74) is 5.66. The zero-order valence-corrected chi connectivity index (χ0v) is 25.8. The molecule has 0 aliphatic heterocycles. The lowest BCUT2D eigenvalue weighted by atomic mass is 9.93. The van der Waals surface area contributed by atoms with E-state index in [4.69, 9.17) is 24.1 Å². The molecule has 3 rings (SSSR count). The standard InChI is InChI=1S/C34H47NO8/c1-24(15-17-36)42-20-6-11-32(38)29-10-5-9-27-31(23-43-25(2)37)30-22-26(13-14-28(30)34(27)29)8-4-12-33(39)35-16-21-41-19-7-18-40-3/h5,9-10,13-14,22,24,31,36H,4,6-8,11-12,15-21,23H2,1-3H3,(H,35,39). The van der Waals surface area contributed by atoms with Gasteiger partial charge in [-0.1, -0.05) is 36.4 Å². The van der Waals surface area contributed by atoms with E-state index in [0.29, 0.717) is 70.6 Å². The number of methoxy groups -OCH3 is 1. The van der Waals surface area contributed by atoms with Gasteiger partial charge in [-0.25, -0.2) is 0 Å². The first-order valence-electron chi connectivity index (χ1n) is 15.3. The average molecular weight is 598 g/mol. The molecule has 43 heavy (non-hydrogen) atoms. The van der Waals surface area contributed by atoms with Crippen LogP contribution in [0.5, 0.6) is 0 Å². The highest BCUT2D eigenvalue weighted by Crippen LogP contribution is 2.47. The zero-order chi connectivity index (χ0) is 31.0. The summed E-state index contributed by atoms with van der Waals surface area (Å²) in [7, 11) is 1.66. The molecule has 2 atom stereocenters. The molecule has 2 aromatic carbocycles. The van der Waals surface area contributed by atoms with Crippen LogP contribution in [-0.4, -0.2) is 82.2 Å². The van der Waals surface area contributed by atoms with Crippen LogP contribution in [-0.2, 0) is 35.0 Å². The van der Waals surface area contributed by atoms with Crippen LogP contribution in [0.2, 0.25) is 0 Å². The summed E-state index contributed by atoms with van der Waals surface area (Å²) < 4.78 is 21.6. The molecule has 1 aliphatic rings. The van der Waals surface area contributed by atoms with Gasteiger partial charge in [-0.2, -0.15) is 0 Å². The monoisotopic (exact) mass is 597 g/mol. The van der Waals surface area contributed by atoms with Gasteiger partial charge in [-0.3, -0.25) is 14.4 Å². The van der Waals surface area contributed by atoms with E-state index in [1.807, 2.05) is 25.1 Å². The van der Waals surface area contributed by atoms with Crippen molar-refractivity contribution in [3.63, 3.8) is 0 Å². The van der Waals surface area contributed by atoms with Crippen LogP contribution in [0, 0.1) is 0 Å². The summed E-state index contributed by atoms with van der Waals surface area (Å²) in [5.74, 6) is -0.473. The molecule has 2 unspecified atom stereocenters. The largest absolute Gasteiger partial charge is 0.465 e. The number of aryl methyl sites for hydroxylation is 1. The number of benzene rings is 2. The maximum Gasteiger partial charge on any atom is 0.302 e. The van der Waals surface area contributed by atoms with E-state index in [-0.39, 0.29) is 42.9 Å². The second-order valence-electron chi connectivity index (χ2n) is 10.9. The van der Waals surface area contributed by atoms with E-state index < -0.39 is 0 Å². The molecule has 0 radical (unpaired) electrons. The second-order valence-corrected chi connectivity index (χ2v) is 10.9. The van der Waals surface area contributed by atoms with Gasteiger partial charge in [0.25, 0.3) is 0 Å². The Morgan fingerprint density at radius 1 is 0.977 bits per heavy atom. The Hall–Kier alpha value is -3.11. The van der Waals surface area contributed by atoms with E-state index >= 15 is 0 Å². The molecule has 0 fully saturated rings. The van der Waals surface area contributed by atoms with Gasteiger partial charge in [-0.05, 0) is 66.8 Å². The molecule has 236 valence electrons. The Kier molecular flexibility index (Phi) is 14.8. The van der Waals surface area contributed by atoms with Crippen molar-refractivity contribution in [2.24, 2.45) is 0 Å². The molecule has 0 heterocycles. The average Bonchev–Trinajstić information content (AvgIpc) is 3.30. The number of hydrogen-bond donors (Lipinski definition) is 2. The minimum atomic E-state index is -0.347. The number of rotatable bonds is 21. The summed E-state index contributed by atoms with van der Waals surface area (Å²) in [6, 6.07) is 12.0. The fourth-order valence-electron chi connectivity index (χ4n) is 5.35. The predicted octanol–water partition coefficient (Wildman–Crippen LogP) is 4.60. The van der Waals surface area contributed by atoms with Gasteiger partial charge >= 0.3 is 5.97 Å². The zero-order valence-electron chi connectivity index (χ0n) is 25.8. The van der Waals surface area contributed by atoms with Gasteiger partial charge in [0, 0.05) is 71.3 Å². The Bertz CT molecular complexity index is 1200. The highest BCUT2D eigenvalue weighted by Gasteiger charge is 2.32. The van der Waals surface area contributed by atoms with Gasteiger partial charge in [0.05, 0.1) is 12.7 Å². The van der Waals surface area contributed by atoms with Gasteiger partial charge in [0.2, 0.25) is 5.91 Å². The molecular formula is C34H47NO8. The van der Waals surface area contributed by atoms with Crippen molar-refractivity contribution in [2.45, 2.75) is 70.8 Å². The quantitative estimate of drug-likeness (QED) is 0.122. The summed E-state index contributed by atoms with van der Waals surface area (Å²) in [6.45, 7) is 6.27. The highest BCUT2D eigenvalue weighted by molar-refractivity contribution is 6.04. The first-order valence-corrected chi connectivity index (χ1v) is 15.3. The third kappa shape index (κ3) is 10.8. The number of amides is 1. The number of carbonyl (C=O) groups is 3. The molecule has 0 aromatic heterocycles. The number of ether oxygens (including phenoxy) is 4. The number of Topliss-reactive ketones (excluding diaryl/α,β-unsaturated/α-hetero) is 1. The van der Waals surface area contributed by atoms with Crippen LogP contribution in [0.1, 0.15) is 85.3 Å². The molecular weight excluding hydrogens is 550 g/mol. The van der Waals surface area contributed by atoms with Crippen LogP contribution in [0.15, 0.2) is 36.4 Å². The molecule has 9 heteroatoms. The fraction of sp³-hybridized carbons (Fsp3) is 0.559. The number of nitrogens with one attached hydrogen (secondary N) is 1. The maximum absolute atomic E-state index is 13.4. The smallest absolute Gasteiger partial charge is 0.302 e. The van der Waals surface area contributed by atoms with Crippen LogP contribution in [0.4, 0.5) is 0 Å². The number of fused-ring (bicyclic) bond motifs is 3. The van der Waals surface area contributed by atoms with Crippen molar-refractivity contribution in [3.05, 3.63) is 58.7 Å². The number of carbonyl (C=O) groups excluding carboxylic acids is 3. The van der Waals surface area contributed by atoms with Crippen molar-refractivity contribution < 1.29 is 38.4 Å². The molecule has 0 bridgehead atoms. The normalized spacial score (nSPS) is 14.2. The second kappa shape index (κ2) is 18.5. The topological polar surface area (TPSA) is 120 Å². The Morgan fingerprint density at radius 3 is 2.58 bits per heavy atom. The van der Waals surface area contributed by atoms with E-state index in [0.717, 1.165) is 40.7 Å². The molecule has 1 amide bonds. The fourth-order valence-corrected chi connectivity index (χ4v) is 5.35. The minimum Gasteiger partial charge on any atom is -0.465 e. The number of hydrogen-bond acceptors (Lipinski definition) is 8. The molecule has 2 aromatic rings. The number of ketones is 1. The van der Waals surface area contributed by atoms with Crippen molar-refractivity contribution in [1.29, 1.82) is 0 Å². The molecule has 0 spiro atoms. The van der Waals surface area contributed by atoms with Crippen LogP contribution in [0.3, 0.4) is 0 Å². The predicted molar refractivity (Wildman–Crippen MR) is 164 cm³/mol. The van der Waals surface area contributed by atoms with Crippen LogP contribution < -0.4 is 5.32 Å². The summed E-state index contributed by atoms with van der Waals surface area (Å²) in [5, 5.41) is 11.9. The minimum absolute atomic E-state index is 0.00167. The lowest BCUT2D eigenvalue weighted by Crippen LogP contribution is -2.27. The Balaban J connectivity index is 1.63. The third-order valence-electron chi connectivity index (χ3n) is 7.55. The van der Waals surface area contributed by atoms with E-state index in [9.17, 15) is 14.4 Å². The van der Waals surface area contributed by atoms with E-state index in [2.05, 4.69) is 23.5 Å². The molecule has 2 N–H and O–H groups in total. The highest BCUT2D eigenvalue weighted by atomic mass is 16.5. The van der Waals surface area contributed by atoms with Gasteiger partial charge in [0.1, 0.15) is 6.61 Å². The van der Waals surface area contributed by atoms with Crippen molar-refractivity contribution in [2.75, 3.05) is 53.3 Å². The molecule has 1 aliphatic carbocycles. The van der Waals surface area contributed by atoms with Gasteiger partial charge in [-0.15, -0.1) is 0 Å². The van der Waals surface area contributed by atoms with E-state index in [1.165, 1.54) is 6.92 Å². The van der Waals surface area contributed by atoms with Gasteiger partial charge < -0.3 is 29.4 Å². The van der Waals surface area contributed by atoms with Crippen LogP contribution >= 0.6 is 0 Å². The first-order chi connectivity index (χ1) is 20.8. The van der Waals surface area contributed by atoms with E-state index in [1.54, 1.807) is 7.11 Å². The Labute approximate surface area is 255 Å². The maximum atomic E-state index is 13.4. The number of aliphatic hydroxyl groups is 1. The summed E-state index contributed by atoms with van der Waals surface area (Å²) >= 11 is 0. The lowest BCUT2D eigenvalue weighted by Gasteiger charge is -2.14. The summed E-state index contributed by atoms with van der Waals surface area (Å²) in [4.78, 5) is 37.3. The van der Waals surface area contributed by atoms with Gasteiger partial charge in [0.15, 0.2) is 5.78 Å². The number of aliphatic hydroxyl groups excluding tert-OH is 1. The molecule has 0 saturated heterocycles. The van der Waals surface area contributed by atoms with Crippen molar-refractivity contribution in [3.8, 4) is 11.1 Å². The SMILES string of the molecule is COCCCOCCNC(=O)CCCc1ccc2c(c1)C(COC(C)=O)c1cccc(C(=O)CCCOC(C)CCO)c1-2. The van der Waals surface area contributed by atoms with Crippen LogP contribution in [0.25, 0.3) is 11.1 Å². The Morgan fingerprint density at radius 2 is 1.81 bits per heavy atom. The lowest BCUT2D eigenvalue weighted by molar-refractivity contribution is -0.141. The van der Waals surface area contributed by atoms with Crippen molar-refractivity contribution in [1.82, 2.24) is 5.32 Å². The molecule has 0 saturated carbocycles. The number of esters is 1. The first kappa shape index (κ1) is 34.4. The third-order valence-corrected chi connectivity index (χ3v) is 7.55. The summed E-state index contributed by atoms with van der Waals surface area (Å²) in [6.07, 6.45) is 4.14.